The van der Waals surface area contributed by atoms with Crippen molar-refractivity contribution in [3.05, 3.63) is 90.0 Å². The van der Waals surface area contributed by atoms with Crippen molar-refractivity contribution in [3.8, 4) is 5.75 Å². The molecule has 42 heavy (non-hydrogen) atoms. The van der Waals surface area contributed by atoms with Crippen LogP contribution in [0.1, 0.15) is 35.5 Å². The molecule has 4 rings (SSSR count). The normalized spacial score (nSPS) is 25.2. The number of carbonyl (C=O) groups excluding carboxylic acids is 4. The van der Waals surface area contributed by atoms with Crippen LogP contribution in [0.4, 0.5) is 0 Å². The molecule has 6 unspecified atom stereocenters. The van der Waals surface area contributed by atoms with E-state index in [1.54, 1.807) is 48.8 Å². The van der Waals surface area contributed by atoms with Crippen molar-refractivity contribution >= 4 is 23.7 Å². The van der Waals surface area contributed by atoms with Crippen LogP contribution in [0.3, 0.4) is 0 Å². The van der Waals surface area contributed by atoms with Gasteiger partial charge in [0.25, 0.3) is 5.91 Å². The number of ether oxygens (including phenoxy) is 1. The third kappa shape index (κ3) is 7.46. The first kappa shape index (κ1) is 30.1. The van der Waals surface area contributed by atoms with Gasteiger partial charge in [-0.15, -0.1) is 0 Å². The summed E-state index contributed by atoms with van der Waals surface area (Å²) < 4.78 is 5.64. The van der Waals surface area contributed by atoms with Gasteiger partial charge < -0.3 is 30.9 Å². The molecular formula is C30H33N5O7. The highest BCUT2D eigenvalue weighted by Crippen LogP contribution is 2.18. The molecular weight excluding hydrogens is 542 g/mol. The Labute approximate surface area is 242 Å². The number of aliphatic hydroxyl groups excluding tert-OH is 1. The van der Waals surface area contributed by atoms with E-state index in [2.05, 4.69) is 25.9 Å². The molecule has 220 valence electrons. The van der Waals surface area contributed by atoms with E-state index in [0.717, 1.165) is 5.56 Å². The molecule has 5 N–H and O–H groups in total. The smallest absolute Gasteiger partial charge is 0.329 e. The van der Waals surface area contributed by atoms with Crippen LogP contribution >= 0.6 is 0 Å². The maximum Gasteiger partial charge on any atom is 0.329 e. The summed E-state index contributed by atoms with van der Waals surface area (Å²) in [5, 5.41) is 29.3. The number of aromatic nitrogens is 2. The molecule has 1 aliphatic heterocycles. The molecule has 6 atom stereocenters. The van der Waals surface area contributed by atoms with Crippen LogP contribution in [0.25, 0.3) is 0 Å². The molecule has 1 aliphatic rings. The molecule has 0 spiro atoms. The number of amides is 3. The number of hydrogen-bond acceptors (Lipinski definition) is 9. The highest BCUT2D eigenvalue weighted by atomic mass is 16.5. The zero-order chi connectivity index (χ0) is 30.2. The number of carbonyl (C=O) groups is 4. The van der Waals surface area contributed by atoms with Gasteiger partial charge in [0, 0.05) is 25.0 Å². The Balaban J connectivity index is 1.69. The molecule has 0 saturated carbocycles. The average Bonchev–Trinajstić information content (AvgIpc) is 2.99. The lowest BCUT2D eigenvalue weighted by Crippen LogP contribution is -2.60. The fraction of sp³-hybridized carbons (Fsp3) is 0.333. The molecule has 12 heteroatoms. The summed E-state index contributed by atoms with van der Waals surface area (Å²) in [6.45, 7) is 2.91. The zero-order valence-corrected chi connectivity index (χ0v) is 23.1. The third-order valence-electron chi connectivity index (χ3n) is 7.07. The molecule has 2 aromatic heterocycles. The summed E-state index contributed by atoms with van der Waals surface area (Å²) in [5.74, 6) is -4.54. The zero-order valence-electron chi connectivity index (χ0n) is 23.1. The van der Waals surface area contributed by atoms with Gasteiger partial charge in [-0.05, 0) is 42.7 Å². The quantitative estimate of drug-likeness (QED) is 0.264. The number of esters is 1. The SMILES string of the molecule is CC1OC(=O)C(Cc2ccccc2)NC(=O)C(C)C(O)C(Cc2cccnc2)NC(=O)C1NC(=O)c1ncccc1O. The van der Waals surface area contributed by atoms with Crippen molar-refractivity contribution in [2.75, 3.05) is 0 Å². The van der Waals surface area contributed by atoms with E-state index in [9.17, 15) is 29.4 Å². The topological polar surface area (TPSA) is 180 Å². The molecule has 0 bridgehead atoms. The summed E-state index contributed by atoms with van der Waals surface area (Å²) in [5.41, 5.74) is 1.10. The number of nitrogens with one attached hydrogen (secondary N) is 3. The van der Waals surface area contributed by atoms with Gasteiger partial charge in [0.05, 0.1) is 18.1 Å². The molecule has 0 aliphatic carbocycles. The van der Waals surface area contributed by atoms with Crippen LogP contribution in [0.15, 0.2) is 73.2 Å². The monoisotopic (exact) mass is 575 g/mol. The maximum absolute atomic E-state index is 13.7. The molecule has 1 saturated heterocycles. The van der Waals surface area contributed by atoms with E-state index in [0.29, 0.717) is 5.56 Å². The highest BCUT2D eigenvalue weighted by molar-refractivity contribution is 5.98. The first-order valence-electron chi connectivity index (χ1n) is 13.5. The van der Waals surface area contributed by atoms with Gasteiger partial charge in [-0.3, -0.25) is 19.4 Å². The number of benzene rings is 1. The predicted octanol–water partition coefficient (Wildman–Crippen LogP) is 0.678. The van der Waals surface area contributed by atoms with Crippen molar-refractivity contribution in [3.63, 3.8) is 0 Å². The number of aliphatic hydroxyl groups is 1. The Bertz CT molecular complexity index is 1410. The van der Waals surface area contributed by atoms with Crippen LogP contribution in [0.5, 0.6) is 5.75 Å². The minimum Gasteiger partial charge on any atom is -0.505 e. The van der Waals surface area contributed by atoms with E-state index in [1.807, 2.05) is 6.07 Å². The highest BCUT2D eigenvalue weighted by Gasteiger charge is 2.39. The number of rotatable bonds is 6. The second kappa shape index (κ2) is 13.7. The third-order valence-corrected chi connectivity index (χ3v) is 7.07. The lowest BCUT2D eigenvalue weighted by atomic mass is 9.91. The first-order chi connectivity index (χ1) is 20.1. The Morgan fingerprint density at radius 1 is 0.929 bits per heavy atom. The van der Waals surface area contributed by atoms with Crippen LogP contribution in [0, 0.1) is 5.92 Å². The van der Waals surface area contributed by atoms with Crippen LogP contribution < -0.4 is 16.0 Å². The van der Waals surface area contributed by atoms with E-state index in [4.69, 9.17) is 4.74 Å². The molecule has 1 fully saturated rings. The molecule has 3 aromatic rings. The van der Waals surface area contributed by atoms with Crippen LogP contribution in [0.2, 0.25) is 0 Å². The van der Waals surface area contributed by atoms with Crippen molar-refractivity contribution in [1.29, 1.82) is 0 Å². The summed E-state index contributed by atoms with van der Waals surface area (Å²) in [4.78, 5) is 61.3. The first-order valence-corrected chi connectivity index (χ1v) is 13.5. The van der Waals surface area contributed by atoms with E-state index < -0.39 is 65.7 Å². The number of hydrogen-bond donors (Lipinski definition) is 5. The minimum atomic E-state index is -1.45. The summed E-state index contributed by atoms with van der Waals surface area (Å²) >= 11 is 0. The summed E-state index contributed by atoms with van der Waals surface area (Å²) in [6.07, 6.45) is 2.05. The lowest BCUT2D eigenvalue weighted by Gasteiger charge is -2.33. The van der Waals surface area contributed by atoms with Gasteiger partial charge in [-0.2, -0.15) is 0 Å². The number of pyridine rings is 2. The molecule has 12 nitrogen and oxygen atoms in total. The van der Waals surface area contributed by atoms with Crippen LogP contribution in [-0.2, 0) is 32.0 Å². The van der Waals surface area contributed by atoms with Crippen molar-refractivity contribution in [2.45, 2.75) is 57.0 Å². The second-order valence-electron chi connectivity index (χ2n) is 10.2. The average molecular weight is 576 g/mol. The Kier molecular flexibility index (Phi) is 9.81. The van der Waals surface area contributed by atoms with Gasteiger partial charge >= 0.3 is 5.97 Å². The van der Waals surface area contributed by atoms with Crippen molar-refractivity contribution < 1.29 is 34.1 Å². The maximum atomic E-state index is 13.7. The minimum absolute atomic E-state index is 0.0884. The fourth-order valence-corrected chi connectivity index (χ4v) is 4.66. The Hall–Kier alpha value is -4.84. The number of aromatic hydroxyl groups is 1. The van der Waals surface area contributed by atoms with Gasteiger partial charge in [0.2, 0.25) is 11.8 Å². The Morgan fingerprint density at radius 3 is 2.33 bits per heavy atom. The van der Waals surface area contributed by atoms with Crippen molar-refractivity contribution in [1.82, 2.24) is 25.9 Å². The van der Waals surface area contributed by atoms with E-state index in [-0.39, 0.29) is 18.5 Å². The largest absolute Gasteiger partial charge is 0.505 e. The van der Waals surface area contributed by atoms with E-state index >= 15 is 0 Å². The standard InChI is InChI=1S/C30H33N5O7/c1-17-26(37)21(15-20-10-6-12-31-16-20)33-28(39)24(35-29(40)25-23(36)11-7-13-32-25)18(2)42-30(41)22(34-27(17)38)14-19-8-4-3-5-9-19/h3-13,16-18,21-22,24,26,36-37H,14-15H2,1-2H3,(H,33,39)(H,34,38)(H,35,40). The van der Waals surface area contributed by atoms with Gasteiger partial charge in [0.1, 0.15) is 23.9 Å². The van der Waals surface area contributed by atoms with Crippen molar-refractivity contribution in [2.24, 2.45) is 5.92 Å². The molecule has 0 radical (unpaired) electrons. The van der Waals surface area contributed by atoms with Gasteiger partial charge in [0.15, 0.2) is 5.69 Å². The number of cyclic esters (lactones) is 1. The second-order valence-corrected chi connectivity index (χ2v) is 10.2. The molecule has 1 aromatic carbocycles. The van der Waals surface area contributed by atoms with Gasteiger partial charge in [-0.1, -0.05) is 43.3 Å². The molecule has 3 amide bonds. The van der Waals surface area contributed by atoms with Crippen LogP contribution in [-0.4, -0.2) is 74.2 Å². The molecule has 3 heterocycles. The lowest BCUT2D eigenvalue weighted by molar-refractivity contribution is -0.156. The van der Waals surface area contributed by atoms with Gasteiger partial charge in [-0.25, -0.2) is 9.78 Å². The Morgan fingerprint density at radius 2 is 1.64 bits per heavy atom. The van der Waals surface area contributed by atoms with E-state index in [1.165, 1.54) is 32.2 Å². The predicted molar refractivity (Wildman–Crippen MR) is 150 cm³/mol. The summed E-state index contributed by atoms with van der Waals surface area (Å²) in [7, 11) is 0. The fourth-order valence-electron chi connectivity index (χ4n) is 4.66. The number of nitrogens with zero attached hydrogens (tertiary/aromatic N) is 2. The summed E-state index contributed by atoms with van der Waals surface area (Å²) in [6, 6.07) is 11.6.